The van der Waals surface area contributed by atoms with E-state index in [2.05, 4.69) is 12.2 Å². The molecule has 1 aromatic carbocycles. The number of quaternary nitrogens is 1. The lowest BCUT2D eigenvalue weighted by Crippen LogP contribution is -3.13. The Hall–Kier alpha value is -1.44. The molecule has 144 valence electrons. The predicted molar refractivity (Wildman–Crippen MR) is 102 cm³/mol. The van der Waals surface area contributed by atoms with Crippen molar-refractivity contribution < 1.29 is 18.1 Å². The molecule has 2 aliphatic rings. The van der Waals surface area contributed by atoms with Gasteiger partial charge in [0.2, 0.25) is 10.0 Å². The fourth-order valence-corrected chi connectivity index (χ4v) is 5.48. The second-order valence-electron chi connectivity index (χ2n) is 7.67. The van der Waals surface area contributed by atoms with Crippen LogP contribution < -0.4 is 10.2 Å². The summed E-state index contributed by atoms with van der Waals surface area (Å²) in [6.45, 7) is 5.84. The Labute approximate surface area is 156 Å². The molecule has 0 radical (unpaired) electrons. The summed E-state index contributed by atoms with van der Waals surface area (Å²) in [7, 11) is -3.45. The second-order valence-corrected chi connectivity index (χ2v) is 9.61. The highest BCUT2D eigenvalue weighted by atomic mass is 32.2. The van der Waals surface area contributed by atoms with Gasteiger partial charge in [-0.3, -0.25) is 4.79 Å². The highest BCUT2D eigenvalue weighted by molar-refractivity contribution is 7.89. The Morgan fingerprint density at radius 3 is 2.50 bits per heavy atom. The average molecular weight is 381 g/mol. The van der Waals surface area contributed by atoms with Gasteiger partial charge in [-0.2, -0.15) is 4.31 Å². The van der Waals surface area contributed by atoms with Crippen LogP contribution in [0.25, 0.3) is 0 Å². The van der Waals surface area contributed by atoms with Gasteiger partial charge in [0.25, 0.3) is 5.91 Å². The molecule has 0 unspecified atom stereocenters. The van der Waals surface area contributed by atoms with Gasteiger partial charge < -0.3 is 10.2 Å². The largest absolute Gasteiger partial charge is 0.327 e. The van der Waals surface area contributed by atoms with Crippen LogP contribution in [0.4, 0.5) is 5.69 Å². The summed E-state index contributed by atoms with van der Waals surface area (Å²) in [5.41, 5.74) is 0.650. The molecule has 2 heterocycles. The number of nitrogens with one attached hydrogen (secondary N) is 2. The minimum Gasteiger partial charge on any atom is -0.327 e. The van der Waals surface area contributed by atoms with E-state index in [-0.39, 0.29) is 5.91 Å². The van der Waals surface area contributed by atoms with E-state index in [0.29, 0.717) is 36.1 Å². The quantitative estimate of drug-likeness (QED) is 0.804. The molecule has 1 aromatic rings. The van der Waals surface area contributed by atoms with Crippen molar-refractivity contribution in [2.75, 3.05) is 38.0 Å². The van der Waals surface area contributed by atoms with E-state index in [1.54, 1.807) is 28.6 Å². The van der Waals surface area contributed by atoms with Crippen molar-refractivity contribution in [1.82, 2.24) is 4.31 Å². The van der Waals surface area contributed by atoms with Gasteiger partial charge >= 0.3 is 0 Å². The van der Waals surface area contributed by atoms with Gasteiger partial charge in [0.05, 0.1) is 18.0 Å². The van der Waals surface area contributed by atoms with E-state index in [9.17, 15) is 13.2 Å². The van der Waals surface area contributed by atoms with Crippen LogP contribution in [0.15, 0.2) is 29.2 Å². The first kappa shape index (κ1) is 19.3. The summed E-state index contributed by atoms with van der Waals surface area (Å²) >= 11 is 0. The molecule has 7 heteroatoms. The van der Waals surface area contributed by atoms with Crippen LogP contribution >= 0.6 is 0 Å². The van der Waals surface area contributed by atoms with E-state index in [4.69, 9.17) is 0 Å². The molecule has 2 saturated heterocycles. The molecule has 0 aliphatic carbocycles. The van der Waals surface area contributed by atoms with Gasteiger partial charge in [0.1, 0.15) is 0 Å². The number of hydrogen-bond acceptors (Lipinski definition) is 3. The van der Waals surface area contributed by atoms with Gasteiger partial charge in [-0.25, -0.2) is 8.42 Å². The first-order valence-corrected chi connectivity index (χ1v) is 11.1. The number of amides is 1. The van der Waals surface area contributed by atoms with E-state index >= 15 is 0 Å². The SMILES string of the molecule is C[C@@H]1CCCN(S(=O)(=O)c2ccc(NC(=O)C[NH+]3CCCCC3)cc2)C1. The van der Waals surface area contributed by atoms with E-state index in [0.717, 1.165) is 25.9 Å². The van der Waals surface area contributed by atoms with Crippen molar-refractivity contribution in [2.45, 2.75) is 43.9 Å². The number of sulfonamides is 1. The summed E-state index contributed by atoms with van der Waals surface area (Å²) < 4.78 is 27.1. The molecule has 0 aromatic heterocycles. The minimum atomic E-state index is -3.45. The molecule has 6 nitrogen and oxygen atoms in total. The predicted octanol–water partition coefficient (Wildman–Crippen LogP) is 1.11. The normalized spacial score (nSPS) is 22.9. The Kier molecular flexibility index (Phi) is 6.32. The first-order chi connectivity index (χ1) is 12.4. The Morgan fingerprint density at radius 1 is 1.15 bits per heavy atom. The van der Waals surface area contributed by atoms with Gasteiger partial charge in [-0.15, -0.1) is 0 Å². The fourth-order valence-electron chi connectivity index (χ4n) is 3.88. The number of hydrogen-bond donors (Lipinski definition) is 2. The van der Waals surface area contributed by atoms with Crippen LogP contribution in [-0.2, 0) is 14.8 Å². The van der Waals surface area contributed by atoms with Crippen LogP contribution in [0.1, 0.15) is 39.0 Å². The molecule has 1 atom stereocenters. The van der Waals surface area contributed by atoms with Crippen LogP contribution in [0.5, 0.6) is 0 Å². The topological polar surface area (TPSA) is 70.9 Å². The van der Waals surface area contributed by atoms with Crippen molar-refractivity contribution in [1.29, 1.82) is 0 Å². The van der Waals surface area contributed by atoms with E-state index in [1.807, 2.05) is 0 Å². The summed E-state index contributed by atoms with van der Waals surface area (Å²) in [5.74, 6) is 0.386. The molecular weight excluding hydrogens is 350 g/mol. The Morgan fingerprint density at radius 2 is 1.85 bits per heavy atom. The molecule has 26 heavy (non-hydrogen) atoms. The zero-order chi connectivity index (χ0) is 18.6. The smallest absolute Gasteiger partial charge is 0.279 e. The number of nitrogens with zero attached hydrogens (tertiary/aromatic N) is 1. The number of benzene rings is 1. The minimum absolute atomic E-state index is 0.0117. The lowest BCUT2D eigenvalue weighted by Gasteiger charge is -2.30. The molecule has 1 amide bonds. The van der Waals surface area contributed by atoms with Crippen molar-refractivity contribution in [2.24, 2.45) is 5.92 Å². The van der Waals surface area contributed by atoms with E-state index in [1.165, 1.54) is 24.2 Å². The summed E-state index contributed by atoms with van der Waals surface area (Å²) in [6, 6.07) is 6.56. The Bertz CT molecular complexity index is 712. The number of carbonyl (C=O) groups is 1. The van der Waals surface area contributed by atoms with E-state index < -0.39 is 10.0 Å². The van der Waals surface area contributed by atoms with Crippen molar-refractivity contribution >= 4 is 21.6 Å². The number of piperidine rings is 2. The molecule has 3 rings (SSSR count). The zero-order valence-corrected chi connectivity index (χ0v) is 16.4. The molecule has 2 fully saturated rings. The summed E-state index contributed by atoms with van der Waals surface area (Å²) in [5, 5.41) is 2.89. The van der Waals surface area contributed by atoms with Gasteiger partial charge in [-0.05, 0) is 62.3 Å². The Balaban J connectivity index is 1.59. The standard InChI is InChI=1S/C19H29N3O3S/c1-16-6-5-13-22(14-16)26(24,25)18-9-7-17(8-10-18)20-19(23)15-21-11-3-2-4-12-21/h7-10,16H,2-6,11-15H2,1H3,(H,20,23)/p+1/t16-/m1/s1. The maximum Gasteiger partial charge on any atom is 0.279 e. The zero-order valence-electron chi connectivity index (χ0n) is 15.5. The second kappa shape index (κ2) is 8.50. The molecule has 0 spiro atoms. The maximum atomic E-state index is 12.8. The lowest BCUT2D eigenvalue weighted by molar-refractivity contribution is -0.896. The lowest BCUT2D eigenvalue weighted by atomic mass is 10.0. The number of likely N-dealkylation sites (tertiary alicyclic amines) is 1. The van der Waals surface area contributed by atoms with Crippen molar-refractivity contribution in [3.8, 4) is 0 Å². The average Bonchev–Trinajstić information content (AvgIpc) is 2.63. The van der Waals surface area contributed by atoms with Gasteiger partial charge in [0.15, 0.2) is 6.54 Å². The van der Waals surface area contributed by atoms with Crippen molar-refractivity contribution in [3.05, 3.63) is 24.3 Å². The molecule has 2 aliphatic heterocycles. The van der Waals surface area contributed by atoms with Crippen LogP contribution in [0, 0.1) is 5.92 Å². The van der Waals surface area contributed by atoms with Gasteiger partial charge in [0, 0.05) is 18.8 Å². The molecular formula is C19H30N3O3S+. The third-order valence-electron chi connectivity index (χ3n) is 5.37. The number of carbonyl (C=O) groups excluding carboxylic acids is 1. The third-order valence-corrected chi connectivity index (χ3v) is 7.25. The van der Waals surface area contributed by atoms with Crippen LogP contribution in [0.2, 0.25) is 0 Å². The fraction of sp³-hybridized carbons (Fsp3) is 0.632. The van der Waals surface area contributed by atoms with Crippen molar-refractivity contribution in [3.63, 3.8) is 0 Å². The van der Waals surface area contributed by atoms with Gasteiger partial charge in [-0.1, -0.05) is 6.92 Å². The highest BCUT2D eigenvalue weighted by Gasteiger charge is 2.28. The number of anilines is 1. The third kappa shape index (κ3) is 4.84. The maximum absolute atomic E-state index is 12.8. The highest BCUT2D eigenvalue weighted by Crippen LogP contribution is 2.24. The first-order valence-electron chi connectivity index (χ1n) is 9.69. The molecule has 0 saturated carbocycles. The number of rotatable bonds is 5. The molecule has 2 N–H and O–H groups in total. The van der Waals surface area contributed by atoms with Crippen LogP contribution in [0.3, 0.4) is 0 Å². The summed E-state index contributed by atoms with van der Waals surface area (Å²) in [6.07, 6.45) is 5.62. The van der Waals surface area contributed by atoms with Crippen LogP contribution in [-0.4, -0.2) is 51.4 Å². The monoisotopic (exact) mass is 380 g/mol. The molecule has 0 bridgehead atoms. The summed E-state index contributed by atoms with van der Waals surface area (Å²) in [4.78, 5) is 13.8.